The molecule has 0 saturated heterocycles. The van der Waals surface area contributed by atoms with E-state index in [1.807, 2.05) is 0 Å². The minimum atomic E-state index is 0.431. The van der Waals surface area contributed by atoms with Crippen molar-refractivity contribution >= 4 is 0 Å². The van der Waals surface area contributed by atoms with Crippen molar-refractivity contribution in [1.29, 1.82) is 0 Å². The fourth-order valence-electron chi connectivity index (χ4n) is 2.23. The van der Waals surface area contributed by atoms with E-state index in [1.165, 1.54) is 36.0 Å². The molecule has 0 amide bonds. The van der Waals surface area contributed by atoms with Crippen molar-refractivity contribution in [1.82, 2.24) is 5.32 Å². The Morgan fingerprint density at radius 1 is 1.14 bits per heavy atom. The molecular weight excluding hydrogens is 170 g/mol. The van der Waals surface area contributed by atoms with Crippen LogP contribution in [0.2, 0.25) is 0 Å². The number of hydrogen-bond acceptors (Lipinski definition) is 1. The maximum absolute atomic E-state index is 3.44. The van der Waals surface area contributed by atoms with E-state index in [9.17, 15) is 0 Å². The van der Waals surface area contributed by atoms with Gasteiger partial charge in [0.2, 0.25) is 0 Å². The molecule has 76 valence electrons. The summed E-state index contributed by atoms with van der Waals surface area (Å²) in [6.45, 7) is 4.35. The second kappa shape index (κ2) is 3.39. The lowest BCUT2D eigenvalue weighted by molar-refractivity contribution is 0.548. The lowest BCUT2D eigenvalue weighted by Gasteiger charge is -2.14. The average Bonchev–Trinajstić information content (AvgIpc) is 2.83. The third-order valence-corrected chi connectivity index (χ3v) is 3.21. The molecule has 0 heterocycles. The van der Waals surface area contributed by atoms with E-state index in [4.69, 9.17) is 0 Å². The fraction of sp³-hybridized carbons (Fsp3) is 0.538. The summed E-state index contributed by atoms with van der Waals surface area (Å²) in [5, 5.41) is 3.44. The van der Waals surface area contributed by atoms with Gasteiger partial charge in [-0.05, 0) is 45.7 Å². The van der Waals surface area contributed by atoms with Crippen molar-refractivity contribution in [2.45, 2.75) is 38.6 Å². The van der Waals surface area contributed by atoms with Crippen molar-refractivity contribution < 1.29 is 0 Å². The smallest absolute Gasteiger partial charge is 0.0220 e. The monoisotopic (exact) mass is 189 g/mol. The van der Waals surface area contributed by atoms with E-state index < -0.39 is 0 Å². The van der Waals surface area contributed by atoms with E-state index in [-0.39, 0.29) is 0 Å². The normalized spacial score (nSPS) is 18.2. The first-order chi connectivity index (χ1) is 6.63. The summed E-state index contributed by atoms with van der Waals surface area (Å²) in [4.78, 5) is 0. The number of hydrogen-bond donors (Lipinski definition) is 1. The predicted octanol–water partition coefficient (Wildman–Crippen LogP) is 2.60. The van der Waals surface area contributed by atoms with Gasteiger partial charge in [0.05, 0.1) is 0 Å². The number of nitrogens with one attached hydrogen (secondary N) is 1. The fourth-order valence-corrected chi connectivity index (χ4v) is 2.23. The van der Waals surface area contributed by atoms with Crippen molar-refractivity contribution in [2.75, 3.05) is 7.05 Å². The van der Waals surface area contributed by atoms with Gasteiger partial charge in [0.15, 0.2) is 0 Å². The van der Waals surface area contributed by atoms with Gasteiger partial charge in [0.25, 0.3) is 0 Å². The van der Waals surface area contributed by atoms with E-state index in [2.05, 4.69) is 44.4 Å². The second-order valence-corrected chi connectivity index (χ2v) is 4.70. The maximum atomic E-state index is 3.44. The highest BCUT2D eigenvalue weighted by atomic mass is 15.0. The molecule has 0 bridgehead atoms. The lowest BCUT2D eigenvalue weighted by atomic mass is 10.00. The van der Waals surface area contributed by atoms with Crippen molar-refractivity contribution in [3.8, 4) is 0 Å². The summed E-state index contributed by atoms with van der Waals surface area (Å²) >= 11 is 0. The van der Waals surface area contributed by atoms with Crippen LogP contribution in [0.5, 0.6) is 0 Å². The molecule has 1 aromatic carbocycles. The topological polar surface area (TPSA) is 12.0 Å². The number of rotatable bonds is 3. The van der Waals surface area contributed by atoms with Gasteiger partial charge in [-0.3, -0.25) is 0 Å². The molecule has 2 rings (SSSR count). The standard InChI is InChI=1S/C13H19N/c1-10-6-11(2)8-12(7-10)9-13(14-3)4-5-13/h6-8,14H,4-5,9H2,1-3H3. The molecule has 1 fully saturated rings. The van der Waals surface area contributed by atoms with Gasteiger partial charge in [-0.1, -0.05) is 29.3 Å². The molecule has 0 unspecified atom stereocenters. The number of likely N-dealkylation sites (N-methyl/N-ethyl adjacent to an activating group) is 1. The molecule has 1 aromatic rings. The zero-order chi connectivity index (χ0) is 10.2. The Morgan fingerprint density at radius 3 is 2.14 bits per heavy atom. The van der Waals surface area contributed by atoms with Gasteiger partial charge in [-0.25, -0.2) is 0 Å². The summed E-state index contributed by atoms with van der Waals surface area (Å²) in [5.74, 6) is 0. The SMILES string of the molecule is CNC1(Cc2cc(C)cc(C)c2)CC1. The first-order valence-electron chi connectivity index (χ1n) is 5.40. The van der Waals surface area contributed by atoms with Crippen LogP contribution in [0, 0.1) is 13.8 Å². The molecule has 0 atom stereocenters. The minimum absolute atomic E-state index is 0.431. The Hall–Kier alpha value is -0.820. The van der Waals surface area contributed by atoms with Gasteiger partial charge < -0.3 is 5.32 Å². The molecule has 1 N–H and O–H groups in total. The van der Waals surface area contributed by atoms with Gasteiger partial charge in [-0.15, -0.1) is 0 Å². The van der Waals surface area contributed by atoms with E-state index in [1.54, 1.807) is 0 Å². The van der Waals surface area contributed by atoms with Crippen LogP contribution in [-0.2, 0) is 6.42 Å². The molecular formula is C13H19N. The quantitative estimate of drug-likeness (QED) is 0.770. The summed E-state index contributed by atoms with van der Waals surface area (Å²) in [6.07, 6.45) is 3.85. The van der Waals surface area contributed by atoms with E-state index >= 15 is 0 Å². The van der Waals surface area contributed by atoms with Gasteiger partial charge in [0.1, 0.15) is 0 Å². The summed E-state index contributed by atoms with van der Waals surface area (Å²) in [5.41, 5.74) is 4.67. The highest BCUT2D eigenvalue weighted by Crippen LogP contribution is 2.38. The molecule has 0 aliphatic heterocycles. The number of aryl methyl sites for hydroxylation is 2. The molecule has 0 aromatic heterocycles. The van der Waals surface area contributed by atoms with Crippen LogP contribution in [0.3, 0.4) is 0 Å². The molecule has 1 nitrogen and oxygen atoms in total. The zero-order valence-electron chi connectivity index (χ0n) is 9.35. The van der Waals surface area contributed by atoms with Crippen LogP contribution in [0.25, 0.3) is 0 Å². The molecule has 0 radical (unpaired) electrons. The highest BCUT2D eigenvalue weighted by Gasteiger charge is 2.40. The third-order valence-electron chi connectivity index (χ3n) is 3.21. The Kier molecular flexibility index (Phi) is 2.36. The Balaban J connectivity index is 2.16. The van der Waals surface area contributed by atoms with Crippen LogP contribution in [0.15, 0.2) is 18.2 Å². The van der Waals surface area contributed by atoms with Crippen LogP contribution >= 0.6 is 0 Å². The van der Waals surface area contributed by atoms with Gasteiger partial charge in [-0.2, -0.15) is 0 Å². The zero-order valence-corrected chi connectivity index (χ0v) is 9.35. The molecule has 1 saturated carbocycles. The van der Waals surface area contributed by atoms with E-state index in [0.717, 1.165) is 0 Å². The molecule has 1 heteroatoms. The first kappa shape index (κ1) is 9.72. The summed E-state index contributed by atoms with van der Waals surface area (Å²) < 4.78 is 0. The van der Waals surface area contributed by atoms with Crippen LogP contribution in [0.4, 0.5) is 0 Å². The second-order valence-electron chi connectivity index (χ2n) is 4.70. The van der Waals surface area contributed by atoms with Crippen molar-refractivity contribution in [2.24, 2.45) is 0 Å². The number of benzene rings is 1. The lowest BCUT2D eigenvalue weighted by Crippen LogP contribution is -2.29. The van der Waals surface area contributed by atoms with Crippen molar-refractivity contribution in [3.63, 3.8) is 0 Å². The van der Waals surface area contributed by atoms with Crippen LogP contribution in [0.1, 0.15) is 29.5 Å². The highest BCUT2D eigenvalue weighted by molar-refractivity contribution is 5.30. The van der Waals surface area contributed by atoms with Gasteiger partial charge >= 0.3 is 0 Å². The summed E-state index contributed by atoms with van der Waals surface area (Å²) in [7, 11) is 2.08. The van der Waals surface area contributed by atoms with Crippen molar-refractivity contribution in [3.05, 3.63) is 34.9 Å². The van der Waals surface area contributed by atoms with E-state index in [0.29, 0.717) is 5.54 Å². The Morgan fingerprint density at radius 2 is 1.71 bits per heavy atom. The molecule has 14 heavy (non-hydrogen) atoms. The predicted molar refractivity (Wildman–Crippen MR) is 60.6 cm³/mol. The average molecular weight is 189 g/mol. The third kappa shape index (κ3) is 1.98. The van der Waals surface area contributed by atoms with Crippen LogP contribution < -0.4 is 5.32 Å². The molecule has 1 aliphatic carbocycles. The largest absolute Gasteiger partial charge is 0.314 e. The molecule has 1 aliphatic rings. The van der Waals surface area contributed by atoms with Crippen LogP contribution in [-0.4, -0.2) is 12.6 Å². The van der Waals surface area contributed by atoms with Gasteiger partial charge in [0, 0.05) is 5.54 Å². The maximum Gasteiger partial charge on any atom is 0.0220 e. The Labute approximate surface area is 86.5 Å². The molecule has 0 spiro atoms. The minimum Gasteiger partial charge on any atom is -0.314 e. The first-order valence-corrected chi connectivity index (χ1v) is 5.40. The summed E-state index contributed by atoms with van der Waals surface area (Å²) in [6, 6.07) is 6.86. The Bertz CT molecular complexity index is 317.